The molecule has 9 heteroatoms. The summed E-state index contributed by atoms with van der Waals surface area (Å²) in [5, 5.41) is 16.6. The summed E-state index contributed by atoms with van der Waals surface area (Å²) in [7, 11) is 0. The highest BCUT2D eigenvalue weighted by molar-refractivity contribution is 6.36. The molecule has 1 N–H and O–H groups in total. The van der Waals surface area contributed by atoms with E-state index < -0.39 is 4.92 Å². The van der Waals surface area contributed by atoms with Gasteiger partial charge in [-0.1, -0.05) is 40.9 Å². The van der Waals surface area contributed by atoms with Crippen molar-refractivity contribution < 1.29 is 9.34 Å². The van der Waals surface area contributed by atoms with Gasteiger partial charge < -0.3 is 9.84 Å². The number of hydrazone groups is 1. The van der Waals surface area contributed by atoms with E-state index in [2.05, 4.69) is 10.5 Å². The maximum Gasteiger partial charge on any atom is 0.281 e. The molecule has 138 valence electrons. The largest absolute Gasteiger partial charge is 0.455 e. The van der Waals surface area contributed by atoms with E-state index >= 15 is 0 Å². The van der Waals surface area contributed by atoms with Crippen LogP contribution in [0.25, 0.3) is 11.3 Å². The van der Waals surface area contributed by atoms with Crippen LogP contribution in [0, 0.1) is 10.1 Å². The highest BCUT2D eigenvalue weighted by Crippen LogP contribution is 2.33. The van der Waals surface area contributed by atoms with Crippen LogP contribution in [0.15, 0.2) is 58.0 Å². The van der Waals surface area contributed by atoms with Gasteiger partial charge in [0.1, 0.15) is 11.5 Å². The van der Waals surface area contributed by atoms with Crippen molar-refractivity contribution in [2.24, 2.45) is 5.10 Å². The van der Waals surface area contributed by atoms with Gasteiger partial charge in [0, 0.05) is 26.7 Å². The lowest BCUT2D eigenvalue weighted by Gasteiger charge is -2.05. The summed E-state index contributed by atoms with van der Waals surface area (Å²) in [5.41, 5.74) is 3.76. The molecule has 0 saturated carbocycles. The predicted molar refractivity (Wildman–Crippen MR) is 107 cm³/mol. The molecule has 2 aromatic carbocycles. The lowest BCUT2D eigenvalue weighted by Crippen LogP contribution is -2.06. The smallest absolute Gasteiger partial charge is 0.281 e. The predicted octanol–water partition coefficient (Wildman–Crippen LogP) is 5.94. The summed E-state index contributed by atoms with van der Waals surface area (Å²) < 4.78 is 5.61. The van der Waals surface area contributed by atoms with Crippen molar-refractivity contribution in [2.45, 2.75) is 6.54 Å². The van der Waals surface area contributed by atoms with Crippen molar-refractivity contribution in [2.75, 3.05) is 0 Å². The van der Waals surface area contributed by atoms with Gasteiger partial charge >= 0.3 is 0 Å². The molecule has 1 aromatic heterocycles. The molecule has 0 bridgehead atoms. The molecule has 3 rings (SSSR count). The fraction of sp³-hybridized carbons (Fsp3) is 0.0556. The molecule has 0 spiro atoms. The van der Waals surface area contributed by atoms with Crippen LogP contribution < -0.4 is 5.43 Å². The molecule has 6 nitrogen and oxygen atoms in total. The van der Waals surface area contributed by atoms with Gasteiger partial charge in [-0.05, 0) is 36.4 Å². The SMILES string of the molecule is O=[N+]([O-])c1cc(Cl)ccc1-c1ccc(/C=N/NCc2c(Cl)cccc2Cl)o1. The highest BCUT2D eigenvalue weighted by atomic mass is 35.5. The Hall–Kier alpha value is -2.54. The molecule has 27 heavy (non-hydrogen) atoms. The molecule has 0 aliphatic rings. The molecule has 3 aromatic rings. The van der Waals surface area contributed by atoms with Crippen molar-refractivity contribution in [1.29, 1.82) is 0 Å². The number of nitro groups is 1. The van der Waals surface area contributed by atoms with Crippen molar-refractivity contribution in [3.8, 4) is 11.3 Å². The van der Waals surface area contributed by atoms with Gasteiger partial charge in [-0.2, -0.15) is 5.10 Å². The van der Waals surface area contributed by atoms with Crippen molar-refractivity contribution in [1.82, 2.24) is 5.43 Å². The van der Waals surface area contributed by atoms with Gasteiger partial charge in [0.05, 0.1) is 23.2 Å². The summed E-state index contributed by atoms with van der Waals surface area (Å²) in [6.45, 7) is 0.339. The molecule has 0 aliphatic heterocycles. The zero-order chi connectivity index (χ0) is 19.4. The van der Waals surface area contributed by atoms with E-state index in [9.17, 15) is 10.1 Å². The minimum Gasteiger partial charge on any atom is -0.455 e. The number of rotatable bonds is 6. The van der Waals surface area contributed by atoms with Gasteiger partial charge in [-0.25, -0.2) is 0 Å². The van der Waals surface area contributed by atoms with Crippen molar-refractivity contribution >= 4 is 46.7 Å². The quantitative estimate of drug-likeness (QED) is 0.302. The van der Waals surface area contributed by atoms with Gasteiger partial charge in [-0.15, -0.1) is 0 Å². The van der Waals surface area contributed by atoms with E-state index in [1.54, 1.807) is 36.4 Å². The lowest BCUT2D eigenvalue weighted by molar-refractivity contribution is -0.384. The zero-order valence-corrected chi connectivity index (χ0v) is 15.9. The molecular weight excluding hydrogens is 413 g/mol. The molecule has 0 atom stereocenters. The van der Waals surface area contributed by atoms with E-state index in [4.69, 9.17) is 39.2 Å². The summed E-state index contributed by atoms with van der Waals surface area (Å²) in [4.78, 5) is 10.7. The third-order valence-corrected chi connectivity index (χ3v) is 4.59. The van der Waals surface area contributed by atoms with E-state index in [0.29, 0.717) is 33.7 Å². The molecule has 0 aliphatic carbocycles. The van der Waals surface area contributed by atoms with Crippen LogP contribution in [0.5, 0.6) is 0 Å². The monoisotopic (exact) mass is 423 g/mol. The summed E-state index contributed by atoms with van der Waals surface area (Å²) in [6.07, 6.45) is 1.45. The Morgan fingerprint density at radius 3 is 2.56 bits per heavy atom. The standard InChI is InChI=1S/C18H12Cl3N3O3/c19-11-4-6-13(17(8-11)24(25)26)18-7-5-12(27-18)9-22-23-10-14-15(20)2-1-3-16(14)21/h1-9,23H,10H2/b22-9+. The number of halogens is 3. The van der Waals surface area contributed by atoms with Crippen molar-refractivity contribution in [3.63, 3.8) is 0 Å². The lowest BCUT2D eigenvalue weighted by atomic mass is 10.1. The first kappa shape index (κ1) is 19.2. The number of nitro benzene ring substituents is 1. The van der Waals surface area contributed by atoms with Crippen LogP contribution in [-0.2, 0) is 6.54 Å². The van der Waals surface area contributed by atoms with Gasteiger partial charge in [-0.3, -0.25) is 10.1 Å². The minimum absolute atomic E-state index is 0.133. The van der Waals surface area contributed by atoms with Crippen LogP contribution in [-0.4, -0.2) is 11.1 Å². The van der Waals surface area contributed by atoms with Crippen LogP contribution in [0.4, 0.5) is 5.69 Å². The molecule has 0 unspecified atom stereocenters. The molecule has 0 saturated heterocycles. The average molecular weight is 425 g/mol. The van der Waals surface area contributed by atoms with Crippen molar-refractivity contribution in [3.05, 3.63) is 85.0 Å². The number of benzene rings is 2. The minimum atomic E-state index is -0.508. The Bertz CT molecular complexity index is 998. The zero-order valence-electron chi connectivity index (χ0n) is 13.7. The second kappa shape index (κ2) is 8.43. The van der Waals surface area contributed by atoms with E-state index in [1.807, 2.05) is 0 Å². The van der Waals surface area contributed by atoms with Crippen LogP contribution in [0.1, 0.15) is 11.3 Å². The normalized spacial score (nSPS) is 11.1. The van der Waals surface area contributed by atoms with E-state index in [-0.39, 0.29) is 10.7 Å². The molecular formula is C18H12Cl3N3O3. The Labute approximate surface area is 169 Å². The number of hydrogen-bond donors (Lipinski definition) is 1. The maximum absolute atomic E-state index is 11.2. The molecule has 1 heterocycles. The number of hydrogen-bond acceptors (Lipinski definition) is 5. The van der Waals surface area contributed by atoms with Gasteiger partial charge in [0.25, 0.3) is 5.69 Å². The fourth-order valence-electron chi connectivity index (χ4n) is 2.37. The van der Waals surface area contributed by atoms with Gasteiger partial charge in [0.15, 0.2) is 0 Å². The molecule has 0 amide bonds. The number of furan rings is 1. The Morgan fingerprint density at radius 2 is 1.85 bits per heavy atom. The average Bonchev–Trinajstić information content (AvgIpc) is 3.09. The highest BCUT2D eigenvalue weighted by Gasteiger charge is 2.18. The maximum atomic E-state index is 11.2. The third-order valence-electron chi connectivity index (χ3n) is 3.65. The summed E-state index contributed by atoms with van der Waals surface area (Å²) in [6, 6.07) is 12.9. The first-order chi connectivity index (χ1) is 13.0. The number of nitrogens with one attached hydrogen (secondary N) is 1. The molecule has 0 radical (unpaired) electrons. The summed E-state index contributed by atoms with van der Waals surface area (Å²) >= 11 is 18.0. The molecule has 0 fully saturated rings. The topological polar surface area (TPSA) is 80.7 Å². The fourth-order valence-corrected chi connectivity index (χ4v) is 3.06. The van der Waals surface area contributed by atoms with E-state index in [1.165, 1.54) is 18.3 Å². The number of nitrogens with zero attached hydrogens (tertiary/aromatic N) is 2. The van der Waals surface area contributed by atoms with Crippen LogP contribution in [0.3, 0.4) is 0 Å². The van der Waals surface area contributed by atoms with E-state index in [0.717, 1.165) is 5.56 Å². The first-order valence-corrected chi connectivity index (χ1v) is 8.82. The van der Waals surface area contributed by atoms with Gasteiger partial charge in [0.2, 0.25) is 0 Å². The Kier molecular flexibility index (Phi) is 6.01. The van der Waals surface area contributed by atoms with Crippen LogP contribution in [0.2, 0.25) is 15.1 Å². The third kappa shape index (κ3) is 4.60. The second-order valence-electron chi connectivity index (χ2n) is 5.41. The first-order valence-electron chi connectivity index (χ1n) is 7.68. The Balaban J connectivity index is 1.72. The van der Waals surface area contributed by atoms with Crippen LogP contribution >= 0.6 is 34.8 Å². The Morgan fingerprint density at radius 1 is 1.11 bits per heavy atom. The summed E-state index contributed by atoms with van der Waals surface area (Å²) in [5.74, 6) is 0.765. The second-order valence-corrected chi connectivity index (χ2v) is 6.66.